The fourth-order valence-corrected chi connectivity index (χ4v) is 3.08. The molecule has 7 heteroatoms. The van der Waals surface area contributed by atoms with Gasteiger partial charge >= 0.3 is 0 Å². The van der Waals surface area contributed by atoms with Crippen LogP contribution in [-0.4, -0.2) is 21.8 Å². The highest BCUT2D eigenvalue weighted by atomic mass is 19.1. The van der Waals surface area contributed by atoms with Crippen LogP contribution in [0.1, 0.15) is 61.8 Å². The first-order chi connectivity index (χ1) is 14.7. The van der Waals surface area contributed by atoms with E-state index in [2.05, 4.69) is 20.6 Å². The Morgan fingerprint density at radius 3 is 2.29 bits per heavy atom. The number of aromatic nitrogens is 2. The van der Waals surface area contributed by atoms with Crippen molar-refractivity contribution in [3.63, 3.8) is 0 Å². The third-order valence-corrected chi connectivity index (χ3v) is 5.19. The molecule has 0 saturated heterocycles. The highest BCUT2D eigenvalue weighted by Gasteiger charge is 2.16. The third kappa shape index (κ3) is 5.51. The molecule has 6 nitrogen and oxygen atoms in total. The van der Waals surface area contributed by atoms with Crippen molar-refractivity contribution in [2.45, 2.75) is 40.3 Å². The van der Waals surface area contributed by atoms with E-state index < -0.39 is 11.8 Å². The number of halogens is 1. The number of aryl methyl sites for hydroxylation is 3. The van der Waals surface area contributed by atoms with E-state index in [1.165, 1.54) is 24.0 Å². The first-order valence-electron chi connectivity index (χ1n) is 9.98. The summed E-state index contributed by atoms with van der Waals surface area (Å²) < 4.78 is 13.4. The van der Waals surface area contributed by atoms with Crippen molar-refractivity contribution in [1.82, 2.24) is 20.6 Å². The standard InChI is InChI=1S/C24H25FN4O2/c1-14-5-7-19(10-15(14)2)17(4)29-24(31)22-11-21(27-13-28-22)23(30)26-12-18-6-8-20(25)16(3)9-18/h5-11,13,17H,12H2,1-4H3,(H,26,30)(H,29,31)/t17-/m0/s1. The lowest BCUT2D eigenvalue weighted by Crippen LogP contribution is -2.29. The fraction of sp³-hybridized carbons (Fsp3) is 0.250. The smallest absolute Gasteiger partial charge is 0.270 e. The van der Waals surface area contributed by atoms with Gasteiger partial charge in [0.15, 0.2) is 0 Å². The molecule has 2 amide bonds. The molecule has 0 unspecified atom stereocenters. The average molecular weight is 420 g/mol. The SMILES string of the molecule is Cc1ccc([C@H](C)NC(=O)c2cc(C(=O)NCc3ccc(F)c(C)c3)ncn2)cc1C. The quantitative estimate of drug-likeness (QED) is 0.632. The number of nitrogens with one attached hydrogen (secondary N) is 2. The predicted molar refractivity (Wildman–Crippen MR) is 116 cm³/mol. The van der Waals surface area contributed by atoms with Gasteiger partial charge in [-0.15, -0.1) is 0 Å². The lowest BCUT2D eigenvalue weighted by Gasteiger charge is -2.15. The summed E-state index contributed by atoms with van der Waals surface area (Å²) in [4.78, 5) is 33.0. The van der Waals surface area contributed by atoms with Gasteiger partial charge in [-0.2, -0.15) is 0 Å². The van der Waals surface area contributed by atoms with Crippen molar-refractivity contribution in [3.05, 3.63) is 93.8 Å². The van der Waals surface area contributed by atoms with Gasteiger partial charge in [0.25, 0.3) is 11.8 Å². The molecule has 3 aromatic rings. The lowest BCUT2D eigenvalue weighted by atomic mass is 10.0. The van der Waals surface area contributed by atoms with Gasteiger partial charge in [-0.05, 0) is 61.6 Å². The Balaban J connectivity index is 1.65. The first kappa shape index (κ1) is 22.1. The second kappa shape index (κ2) is 9.47. The van der Waals surface area contributed by atoms with E-state index in [0.717, 1.165) is 16.7 Å². The summed E-state index contributed by atoms with van der Waals surface area (Å²) >= 11 is 0. The summed E-state index contributed by atoms with van der Waals surface area (Å²) in [7, 11) is 0. The van der Waals surface area contributed by atoms with Gasteiger partial charge in [-0.25, -0.2) is 14.4 Å². The van der Waals surface area contributed by atoms with Gasteiger partial charge in [0, 0.05) is 12.6 Å². The van der Waals surface area contributed by atoms with E-state index in [1.807, 2.05) is 39.0 Å². The molecule has 0 fully saturated rings. The van der Waals surface area contributed by atoms with Crippen LogP contribution in [-0.2, 0) is 6.54 Å². The summed E-state index contributed by atoms with van der Waals surface area (Å²) in [5.41, 5.74) is 4.77. The number of carbonyl (C=O) groups excluding carboxylic acids is 2. The molecule has 160 valence electrons. The molecule has 2 aromatic carbocycles. The normalized spacial score (nSPS) is 11.6. The minimum Gasteiger partial charge on any atom is -0.347 e. The number of nitrogens with zero attached hydrogens (tertiary/aromatic N) is 2. The Morgan fingerprint density at radius 1 is 0.903 bits per heavy atom. The molecule has 1 aromatic heterocycles. The molecule has 3 rings (SSSR count). The van der Waals surface area contributed by atoms with Crippen molar-refractivity contribution in [2.75, 3.05) is 0 Å². The summed E-state index contributed by atoms with van der Waals surface area (Å²) in [6.07, 6.45) is 1.19. The van der Waals surface area contributed by atoms with Crippen LogP contribution in [0, 0.1) is 26.6 Å². The van der Waals surface area contributed by atoms with Gasteiger partial charge in [-0.3, -0.25) is 9.59 Å². The summed E-state index contributed by atoms with van der Waals surface area (Å²) in [5, 5.41) is 5.62. The average Bonchev–Trinajstić information content (AvgIpc) is 2.76. The molecule has 2 N–H and O–H groups in total. The number of hydrogen-bond donors (Lipinski definition) is 2. The Hall–Kier alpha value is -3.61. The van der Waals surface area contributed by atoms with E-state index in [1.54, 1.807) is 19.1 Å². The van der Waals surface area contributed by atoms with Crippen LogP contribution in [0.25, 0.3) is 0 Å². The van der Waals surface area contributed by atoms with Crippen LogP contribution >= 0.6 is 0 Å². The van der Waals surface area contributed by atoms with Gasteiger partial charge in [-0.1, -0.05) is 30.3 Å². The van der Waals surface area contributed by atoms with Gasteiger partial charge in [0.05, 0.1) is 6.04 Å². The minimum atomic E-state index is -0.444. The van der Waals surface area contributed by atoms with Crippen molar-refractivity contribution < 1.29 is 14.0 Å². The predicted octanol–water partition coefficient (Wildman–Crippen LogP) is 3.96. The Labute approximate surface area is 180 Å². The molecule has 1 heterocycles. The molecule has 0 aliphatic heterocycles. The zero-order chi connectivity index (χ0) is 22.5. The Morgan fingerprint density at radius 2 is 1.61 bits per heavy atom. The maximum Gasteiger partial charge on any atom is 0.270 e. The second-order valence-electron chi connectivity index (χ2n) is 7.59. The maximum atomic E-state index is 13.4. The van der Waals surface area contributed by atoms with E-state index in [-0.39, 0.29) is 29.8 Å². The number of benzene rings is 2. The van der Waals surface area contributed by atoms with Gasteiger partial charge in [0.1, 0.15) is 23.5 Å². The first-order valence-corrected chi connectivity index (χ1v) is 9.98. The van der Waals surface area contributed by atoms with E-state index in [0.29, 0.717) is 5.56 Å². The second-order valence-corrected chi connectivity index (χ2v) is 7.59. The minimum absolute atomic E-state index is 0.0813. The zero-order valence-corrected chi connectivity index (χ0v) is 18.0. The maximum absolute atomic E-state index is 13.4. The molecule has 31 heavy (non-hydrogen) atoms. The molecule has 0 spiro atoms. The molecule has 0 aliphatic rings. The van der Waals surface area contributed by atoms with Crippen LogP contribution in [0.3, 0.4) is 0 Å². The molecular weight excluding hydrogens is 395 g/mol. The van der Waals surface area contributed by atoms with Crippen LogP contribution in [0.2, 0.25) is 0 Å². The van der Waals surface area contributed by atoms with E-state index >= 15 is 0 Å². The summed E-state index contributed by atoms with van der Waals surface area (Å²) in [5.74, 6) is -1.13. The highest BCUT2D eigenvalue weighted by Crippen LogP contribution is 2.17. The zero-order valence-electron chi connectivity index (χ0n) is 18.0. The number of rotatable bonds is 6. The van der Waals surface area contributed by atoms with Gasteiger partial charge in [0.2, 0.25) is 0 Å². The molecule has 0 saturated carbocycles. The van der Waals surface area contributed by atoms with Crippen LogP contribution in [0.15, 0.2) is 48.8 Å². The molecule has 1 atom stereocenters. The van der Waals surface area contributed by atoms with Crippen LogP contribution < -0.4 is 10.6 Å². The van der Waals surface area contributed by atoms with Crippen LogP contribution in [0.5, 0.6) is 0 Å². The Kier molecular flexibility index (Phi) is 6.74. The number of hydrogen-bond acceptors (Lipinski definition) is 4. The number of carbonyl (C=O) groups is 2. The van der Waals surface area contributed by atoms with E-state index in [4.69, 9.17) is 0 Å². The summed E-state index contributed by atoms with van der Waals surface area (Å²) in [6, 6.07) is 11.8. The van der Waals surface area contributed by atoms with Crippen molar-refractivity contribution in [3.8, 4) is 0 Å². The van der Waals surface area contributed by atoms with Crippen molar-refractivity contribution in [2.24, 2.45) is 0 Å². The van der Waals surface area contributed by atoms with E-state index in [9.17, 15) is 14.0 Å². The fourth-order valence-electron chi connectivity index (χ4n) is 3.08. The van der Waals surface area contributed by atoms with Crippen molar-refractivity contribution >= 4 is 11.8 Å². The largest absolute Gasteiger partial charge is 0.347 e. The molecule has 0 radical (unpaired) electrons. The third-order valence-electron chi connectivity index (χ3n) is 5.19. The molecular formula is C24H25FN4O2. The Bertz CT molecular complexity index is 1130. The molecule has 0 aliphatic carbocycles. The van der Waals surface area contributed by atoms with Crippen molar-refractivity contribution in [1.29, 1.82) is 0 Å². The lowest BCUT2D eigenvalue weighted by molar-refractivity contribution is 0.0934. The van der Waals surface area contributed by atoms with Crippen LogP contribution in [0.4, 0.5) is 4.39 Å². The summed E-state index contributed by atoms with van der Waals surface area (Å²) in [6.45, 7) is 7.83. The monoisotopic (exact) mass is 420 g/mol. The topological polar surface area (TPSA) is 84.0 Å². The number of amides is 2. The highest BCUT2D eigenvalue weighted by molar-refractivity contribution is 5.97. The molecule has 0 bridgehead atoms. The van der Waals surface area contributed by atoms with Gasteiger partial charge < -0.3 is 10.6 Å².